The lowest BCUT2D eigenvalue weighted by molar-refractivity contribution is -0.116. The van der Waals surface area contributed by atoms with Gasteiger partial charge in [-0.25, -0.2) is 4.98 Å². The van der Waals surface area contributed by atoms with Crippen LogP contribution in [0.1, 0.15) is 35.3 Å². The van der Waals surface area contributed by atoms with Crippen LogP contribution in [0, 0.1) is 11.3 Å². The van der Waals surface area contributed by atoms with E-state index in [2.05, 4.69) is 16.4 Å². The maximum Gasteiger partial charge on any atom is 0.262 e. The molecule has 8 heteroatoms. The lowest BCUT2D eigenvalue weighted by atomic mass is 10.1. The molecular weight excluding hydrogens is 368 g/mol. The fourth-order valence-corrected chi connectivity index (χ4v) is 5.26. The molecule has 1 aliphatic rings. The maximum absolute atomic E-state index is 12.5. The van der Waals surface area contributed by atoms with Crippen LogP contribution in [-0.4, -0.2) is 15.5 Å². The number of carbonyl (C=O) groups excluding carboxylic acids is 1. The third-order valence-corrected chi connectivity index (χ3v) is 6.58. The number of nitrogens with zero attached hydrogens (tertiary/aromatic N) is 3. The molecule has 0 atom stereocenters. The van der Waals surface area contributed by atoms with E-state index in [0.29, 0.717) is 20.8 Å². The van der Waals surface area contributed by atoms with Crippen molar-refractivity contribution in [2.45, 2.75) is 38.6 Å². The van der Waals surface area contributed by atoms with E-state index in [-0.39, 0.29) is 18.0 Å². The second kappa shape index (κ2) is 7.02. The highest BCUT2D eigenvalue weighted by Gasteiger charge is 2.21. The third kappa shape index (κ3) is 3.04. The van der Waals surface area contributed by atoms with Crippen LogP contribution in [0.2, 0.25) is 0 Å². The topological polar surface area (TPSA) is 87.8 Å². The van der Waals surface area contributed by atoms with Crippen LogP contribution >= 0.6 is 22.7 Å². The first-order chi connectivity index (χ1) is 12.7. The van der Waals surface area contributed by atoms with E-state index in [4.69, 9.17) is 0 Å². The molecule has 0 saturated carbocycles. The molecule has 0 fully saturated rings. The van der Waals surface area contributed by atoms with Crippen LogP contribution in [0.4, 0.5) is 5.00 Å². The highest BCUT2D eigenvalue weighted by molar-refractivity contribution is 7.17. The predicted molar refractivity (Wildman–Crippen MR) is 103 cm³/mol. The number of aryl methyl sites for hydroxylation is 1. The highest BCUT2D eigenvalue weighted by Crippen LogP contribution is 2.36. The number of nitriles is 1. The molecule has 0 radical (unpaired) electrons. The van der Waals surface area contributed by atoms with Crippen LogP contribution in [0.3, 0.4) is 0 Å². The molecule has 3 heterocycles. The molecule has 3 aromatic heterocycles. The van der Waals surface area contributed by atoms with E-state index >= 15 is 0 Å². The van der Waals surface area contributed by atoms with Crippen molar-refractivity contribution in [3.63, 3.8) is 0 Å². The molecule has 0 aliphatic heterocycles. The second-order valence-corrected chi connectivity index (χ2v) is 8.25. The molecule has 4 rings (SSSR count). The smallest absolute Gasteiger partial charge is 0.262 e. The fraction of sp³-hybridized carbons (Fsp3) is 0.333. The minimum absolute atomic E-state index is 0.120. The Morgan fingerprint density at radius 3 is 3.04 bits per heavy atom. The van der Waals surface area contributed by atoms with Crippen molar-refractivity contribution in [2.75, 3.05) is 5.32 Å². The number of anilines is 1. The Morgan fingerprint density at radius 1 is 1.35 bits per heavy atom. The lowest BCUT2D eigenvalue weighted by Gasteiger charge is -2.06. The van der Waals surface area contributed by atoms with Gasteiger partial charge in [0, 0.05) is 4.88 Å². The van der Waals surface area contributed by atoms with Crippen molar-refractivity contribution in [3.05, 3.63) is 44.1 Å². The Morgan fingerprint density at radius 2 is 2.19 bits per heavy atom. The van der Waals surface area contributed by atoms with E-state index in [9.17, 15) is 14.9 Å². The summed E-state index contributed by atoms with van der Waals surface area (Å²) in [7, 11) is 0. The Bertz CT molecular complexity index is 1090. The van der Waals surface area contributed by atoms with Crippen molar-refractivity contribution in [2.24, 2.45) is 0 Å². The largest absolute Gasteiger partial charge is 0.315 e. The van der Waals surface area contributed by atoms with Crippen molar-refractivity contribution >= 4 is 43.8 Å². The van der Waals surface area contributed by atoms with Crippen LogP contribution in [-0.2, 0) is 24.2 Å². The monoisotopic (exact) mass is 384 g/mol. The standard InChI is InChI=1S/C18H16N4O2S2/c19-8-13-11-4-2-1-3-5-14(11)26-17(13)21-15(23)9-22-10-20-16-12(18(22)24)6-7-25-16/h6-7,10H,1-5,9H2,(H,21,23). The van der Waals surface area contributed by atoms with E-state index < -0.39 is 0 Å². The van der Waals surface area contributed by atoms with Crippen LogP contribution in [0.25, 0.3) is 10.2 Å². The molecule has 0 spiro atoms. The summed E-state index contributed by atoms with van der Waals surface area (Å²) >= 11 is 2.89. The Kier molecular flexibility index (Phi) is 4.57. The fourth-order valence-electron chi connectivity index (χ4n) is 3.28. The zero-order valence-electron chi connectivity index (χ0n) is 13.9. The number of fused-ring (bicyclic) bond motifs is 2. The first-order valence-corrected chi connectivity index (χ1v) is 10.1. The third-order valence-electron chi connectivity index (χ3n) is 4.55. The minimum Gasteiger partial charge on any atom is -0.315 e. The maximum atomic E-state index is 12.5. The van der Waals surface area contributed by atoms with Gasteiger partial charge in [-0.2, -0.15) is 5.26 Å². The van der Waals surface area contributed by atoms with Gasteiger partial charge in [-0.1, -0.05) is 6.42 Å². The van der Waals surface area contributed by atoms with Gasteiger partial charge in [0.1, 0.15) is 22.4 Å². The summed E-state index contributed by atoms with van der Waals surface area (Å²) in [5, 5.41) is 15.3. The molecule has 1 aliphatic carbocycles. The van der Waals surface area contributed by atoms with Crippen molar-refractivity contribution in [1.29, 1.82) is 5.26 Å². The summed E-state index contributed by atoms with van der Waals surface area (Å²) in [6.07, 6.45) is 6.62. The summed E-state index contributed by atoms with van der Waals surface area (Å²) in [6, 6.07) is 3.97. The molecule has 132 valence electrons. The number of carbonyl (C=O) groups is 1. The van der Waals surface area contributed by atoms with Gasteiger partial charge in [0.05, 0.1) is 17.3 Å². The molecule has 0 unspecified atom stereocenters. The van der Waals surface area contributed by atoms with Gasteiger partial charge in [-0.15, -0.1) is 22.7 Å². The van der Waals surface area contributed by atoms with Gasteiger partial charge in [0.25, 0.3) is 5.56 Å². The van der Waals surface area contributed by atoms with Crippen LogP contribution in [0.15, 0.2) is 22.6 Å². The van der Waals surface area contributed by atoms with Gasteiger partial charge in [0.15, 0.2) is 0 Å². The summed E-state index contributed by atoms with van der Waals surface area (Å²) in [5.74, 6) is -0.323. The average Bonchev–Trinajstić information content (AvgIpc) is 3.16. The molecule has 0 aromatic carbocycles. The number of thiophene rings is 2. The van der Waals surface area contributed by atoms with Gasteiger partial charge in [-0.05, 0) is 42.7 Å². The van der Waals surface area contributed by atoms with Gasteiger partial charge >= 0.3 is 0 Å². The molecule has 1 N–H and O–H groups in total. The summed E-state index contributed by atoms with van der Waals surface area (Å²) < 4.78 is 1.30. The van der Waals surface area contributed by atoms with E-state index in [1.807, 2.05) is 0 Å². The van der Waals surface area contributed by atoms with E-state index in [1.165, 1.54) is 44.9 Å². The number of aromatic nitrogens is 2. The van der Waals surface area contributed by atoms with E-state index in [0.717, 1.165) is 31.2 Å². The van der Waals surface area contributed by atoms with Gasteiger partial charge in [0.2, 0.25) is 5.91 Å². The number of hydrogen-bond acceptors (Lipinski definition) is 6. The molecule has 0 saturated heterocycles. The summed E-state index contributed by atoms with van der Waals surface area (Å²) in [4.78, 5) is 30.9. The highest BCUT2D eigenvalue weighted by atomic mass is 32.1. The Labute approximate surface area is 157 Å². The minimum atomic E-state index is -0.323. The van der Waals surface area contributed by atoms with Crippen molar-refractivity contribution in [1.82, 2.24) is 9.55 Å². The van der Waals surface area contributed by atoms with Gasteiger partial charge in [-0.3, -0.25) is 14.2 Å². The van der Waals surface area contributed by atoms with Gasteiger partial charge < -0.3 is 5.32 Å². The van der Waals surface area contributed by atoms with E-state index in [1.54, 1.807) is 11.4 Å². The molecule has 1 amide bonds. The molecule has 0 bridgehead atoms. The molecule has 26 heavy (non-hydrogen) atoms. The zero-order chi connectivity index (χ0) is 18.1. The molecule has 3 aromatic rings. The van der Waals surface area contributed by atoms with Crippen LogP contribution in [0.5, 0.6) is 0 Å². The Balaban J connectivity index is 1.57. The molecular formula is C18H16N4O2S2. The average molecular weight is 384 g/mol. The lowest BCUT2D eigenvalue weighted by Crippen LogP contribution is -2.27. The van der Waals surface area contributed by atoms with Crippen LogP contribution < -0.4 is 10.9 Å². The normalized spacial score (nSPS) is 13.8. The number of hydrogen-bond donors (Lipinski definition) is 1. The first-order valence-electron chi connectivity index (χ1n) is 8.44. The predicted octanol–water partition coefficient (Wildman–Crippen LogP) is 3.30. The second-order valence-electron chi connectivity index (χ2n) is 6.25. The summed E-state index contributed by atoms with van der Waals surface area (Å²) in [6.45, 7) is -0.120. The quantitative estimate of drug-likeness (QED) is 0.702. The SMILES string of the molecule is N#Cc1c(NC(=O)Cn2cnc3sccc3c2=O)sc2c1CCCCC2. The van der Waals surface area contributed by atoms with Crippen molar-refractivity contribution in [3.8, 4) is 6.07 Å². The zero-order valence-corrected chi connectivity index (χ0v) is 15.6. The van der Waals surface area contributed by atoms with Crippen molar-refractivity contribution < 1.29 is 4.79 Å². The number of rotatable bonds is 3. The first kappa shape index (κ1) is 16.9. The Hall–Kier alpha value is -2.50. The summed E-state index contributed by atoms with van der Waals surface area (Å²) in [5.41, 5.74) is 1.44. The number of amides is 1. The number of nitrogens with one attached hydrogen (secondary N) is 1. The molecule has 6 nitrogen and oxygen atoms in total.